The Hall–Kier alpha value is 0.236. The molecule has 0 radical (unpaired) electrons. The standard InChI is InChI=1S/C18H36O2.Mg.2H/c1-2-3-4-5-6-7-8-9-10-11-12-13-14-15-16-17-18(19)20;;;/h2-17H2,1H3,(H,19,20);;;/q;+2;2*-1. The van der Waals surface area contributed by atoms with Crippen molar-refractivity contribution >= 4 is 29.0 Å². The van der Waals surface area contributed by atoms with Crippen molar-refractivity contribution in [3.05, 3.63) is 0 Å². The largest absolute Gasteiger partial charge is 2.00 e. The first-order chi connectivity index (χ1) is 9.77. The molecular weight excluding hydrogens is 273 g/mol. The minimum Gasteiger partial charge on any atom is -1.00 e. The van der Waals surface area contributed by atoms with E-state index < -0.39 is 5.97 Å². The molecule has 0 rings (SSSR count). The molecule has 1 N–H and O–H groups in total. The van der Waals surface area contributed by atoms with Gasteiger partial charge in [0.1, 0.15) is 0 Å². The van der Waals surface area contributed by atoms with E-state index in [9.17, 15) is 4.79 Å². The third kappa shape index (κ3) is 22.7. The molecule has 0 amide bonds. The fraction of sp³-hybridized carbons (Fsp3) is 0.944. The van der Waals surface area contributed by atoms with E-state index in [1.807, 2.05) is 0 Å². The molecule has 0 heterocycles. The average molecular weight is 311 g/mol. The Bertz CT molecular complexity index is 217. The van der Waals surface area contributed by atoms with Crippen LogP contribution in [0.3, 0.4) is 0 Å². The first-order valence-corrected chi connectivity index (χ1v) is 8.99. The molecule has 0 aliphatic carbocycles. The molecule has 0 aliphatic heterocycles. The molecule has 2 nitrogen and oxygen atoms in total. The van der Waals surface area contributed by atoms with Crippen molar-refractivity contribution in [2.75, 3.05) is 0 Å². The van der Waals surface area contributed by atoms with Crippen molar-refractivity contribution in [1.29, 1.82) is 0 Å². The van der Waals surface area contributed by atoms with Crippen molar-refractivity contribution in [2.45, 2.75) is 110 Å². The van der Waals surface area contributed by atoms with Crippen LogP contribution in [0.25, 0.3) is 0 Å². The molecule has 0 unspecified atom stereocenters. The van der Waals surface area contributed by atoms with Gasteiger partial charge in [-0.25, -0.2) is 0 Å². The molecule has 0 saturated heterocycles. The molecule has 0 aromatic rings. The Morgan fingerprint density at radius 2 is 0.952 bits per heavy atom. The number of carboxylic acids is 1. The first-order valence-electron chi connectivity index (χ1n) is 8.99. The monoisotopic (exact) mass is 310 g/mol. The van der Waals surface area contributed by atoms with E-state index in [2.05, 4.69) is 6.92 Å². The second-order valence-corrected chi connectivity index (χ2v) is 6.09. The summed E-state index contributed by atoms with van der Waals surface area (Å²) in [6.45, 7) is 2.27. The van der Waals surface area contributed by atoms with Gasteiger partial charge in [-0.2, -0.15) is 0 Å². The molecule has 0 spiro atoms. The summed E-state index contributed by atoms with van der Waals surface area (Å²) in [6.07, 6.45) is 20.2. The summed E-state index contributed by atoms with van der Waals surface area (Å²) in [5, 5.41) is 8.52. The molecule has 0 bridgehead atoms. The van der Waals surface area contributed by atoms with Gasteiger partial charge in [0.25, 0.3) is 0 Å². The molecule has 0 aromatic carbocycles. The quantitative estimate of drug-likeness (QED) is 0.273. The second kappa shape index (κ2) is 20.2. The van der Waals surface area contributed by atoms with Crippen LogP contribution in [-0.2, 0) is 4.79 Å². The van der Waals surface area contributed by atoms with Crippen molar-refractivity contribution in [1.82, 2.24) is 0 Å². The van der Waals surface area contributed by atoms with Crippen LogP contribution in [0.5, 0.6) is 0 Å². The maximum absolute atomic E-state index is 10.3. The zero-order valence-electron chi connectivity index (χ0n) is 16.4. The van der Waals surface area contributed by atoms with Gasteiger partial charge in [0.15, 0.2) is 0 Å². The molecular formula is C18H38MgO2. The number of hydrogen-bond donors (Lipinski definition) is 1. The van der Waals surface area contributed by atoms with Gasteiger partial charge in [-0.1, -0.05) is 96.8 Å². The summed E-state index contributed by atoms with van der Waals surface area (Å²) in [4.78, 5) is 10.3. The van der Waals surface area contributed by atoms with Gasteiger partial charge < -0.3 is 7.96 Å². The topological polar surface area (TPSA) is 37.3 Å². The smallest absolute Gasteiger partial charge is 1.00 e. The van der Waals surface area contributed by atoms with E-state index in [1.54, 1.807) is 0 Å². The molecule has 0 saturated carbocycles. The number of unbranched alkanes of at least 4 members (excludes halogenated alkanes) is 14. The second-order valence-electron chi connectivity index (χ2n) is 6.09. The predicted octanol–water partition coefficient (Wildman–Crippen LogP) is 6.18. The maximum Gasteiger partial charge on any atom is 2.00 e. The molecule has 21 heavy (non-hydrogen) atoms. The van der Waals surface area contributed by atoms with Gasteiger partial charge in [0.2, 0.25) is 0 Å². The van der Waals surface area contributed by atoms with E-state index in [0.717, 1.165) is 12.8 Å². The van der Waals surface area contributed by atoms with Crippen molar-refractivity contribution < 1.29 is 12.8 Å². The summed E-state index contributed by atoms with van der Waals surface area (Å²) in [5.74, 6) is -0.653. The molecule has 3 heteroatoms. The third-order valence-electron chi connectivity index (χ3n) is 3.99. The third-order valence-corrected chi connectivity index (χ3v) is 3.99. The van der Waals surface area contributed by atoms with Gasteiger partial charge in [0.05, 0.1) is 0 Å². The number of rotatable bonds is 16. The van der Waals surface area contributed by atoms with E-state index in [-0.39, 0.29) is 25.9 Å². The summed E-state index contributed by atoms with van der Waals surface area (Å²) in [7, 11) is 0. The molecule has 0 aliphatic rings. The maximum atomic E-state index is 10.3. The number of carbonyl (C=O) groups is 1. The summed E-state index contributed by atoms with van der Waals surface area (Å²) < 4.78 is 0. The van der Waals surface area contributed by atoms with Crippen molar-refractivity contribution in [3.8, 4) is 0 Å². The van der Waals surface area contributed by atoms with Gasteiger partial charge >= 0.3 is 29.0 Å². The van der Waals surface area contributed by atoms with Crippen molar-refractivity contribution in [3.63, 3.8) is 0 Å². The molecule has 0 fully saturated rings. The predicted molar refractivity (Wildman–Crippen MR) is 95.2 cm³/mol. The zero-order chi connectivity index (χ0) is 14.9. The van der Waals surface area contributed by atoms with Gasteiger partial charge in [-0.15, -0.1) is 0 Å². The van der Waals surface area contributed by atoms with Crippen molar-refractivity contribution in [2.24, 2.45) is 0 Å². The molecule has 0 atom stereocenters. The van der Waals surface area contributed by atoms with E-state index in [4.69, 9.17) is 5.11 Å². The Kier molecular flexibility index (Phi) is 22.6. The van der Waals surface area contributed by atoms with Crippen LogP contribution in [0.4, 0.5) is 0 Å². The Labute approximate surface area is 151 Å². The van der Waals surface area contributed by atoms with Gasteiger partial charge in [-0.3, -0.25) is 4.79 Å². The number of hydrogen-bond acceptors (Lipinski definition) is 1. The SMILES string of the molecule is CCCCCCCCCCCCCCCCCC(=O)O.[H-].[H-].[Mg+2]. The van der Waals surface area contributed by atoms with Crippen LogP contribution >= 0.6 is 0 Å². The minimum absolute atomic E-state index is 0. The van der Waals surface area contributed by atoms with Crippen LogP contribution in [-0.4, -0.2) is 34.1 Å². The summed E-state index contributed by atoms with van der Waals surface area (Å²) in [6, 6.07) is 0. The Morgan fingerprint density at radius 3 is 1.24 bits per heavy atom. The van der Waals surface area contributed by atoms with E-state index in [0.29, 0.717) is 6.42 Å². The van der Waals surface area contributed by atoms with E-state index >= 15 is 0 Å². The van der Waals surface area contributed by atoms with Crippen LogP contribution in [0, 0.1) is 0 Å². The van der Waals surface area contributed by atoms with E-state index in [1.165, 1.54) is 83.5 Å². The number of carboxylic acid groups (broad SMARTS) is 1. The Balaban J connectivity index is -0.000000602. The van der Waals surface area contributed by atoms with Crippen LogP contribution < -0.4 is 0 Å². The first kappa shape index (κ1) is 23.5. The van der Waals surface area contributed by atoms with Crippen LogP contribution in [0.15, 0.2) is 0 Å². The fourth-order valence-electron chi connectivity index (χ4n) is 2.65. The zero-order valence-corrected chi connectivity index (χ0v) is 15.8. The number of aliphatic carboxylic acids is 1. The minimum atomic E-state index is -0.653. The van der Waals surface area contributed by atoms with Gasteiger partial charge in [0, 0.05) is 6.42 Å². The summed E-state index contributed by atoms with van der Waals surface area (Å²) in [5.41, 5.74) is 0. The Morgan fingerprint density at radius 1 is 0.667 bits per heavy atom. The fourth-order valence-corrected chi connectivity index (χ4v) is 2.65. The molecule has 124 valence electrons. The summed E-state index contributed by atoms with van der Waals surface area (Å²) >= 11 is 0. The van der Waals surface area contributed by atoms with Crippen LogP contribution in [0.1, 0.15) is 113 Å². The normalized spacial score (nSPS) is 10.3. The van der Waals surface area contributed by atoms with Crippen LogP contribution in [0.2, 0.25) is 0 Å². The molecule has 0 aromatic heterocycles. The average Bonchev–Trinajstić information content (AvgIpc) is 2.43. The van der Waals surface area contributed by atoms with Gasteiger partial charge in [-0.05, 0) is 6.42 Å².